The lowest BCUT2D eigenvalue weighted by molar-refractivity contribution is -0.133. The van der Waals surface area contributed by atoms with Gasteiger partial charge in [-0.2, -0.15) is 0 Å². The summed E-state index contributed by atoms with van der Waals surface area (Å²) in [6, 6.07) is 5.24. The Morgan fingerprint density at radius 1 is 1.21 bits per heavy atom. The first-order valence-corrected chi connectivity index (χ1v) is 5.71. The molecule has 0 aliphatic heterocycles. The molecule has 0 fully saturated rings. The molecular formula is C13H18N2O4. The van der Waals surface area contributed by atoms with Crippen molar-refractivity contribution in [2.75, 3.05) is 27.8 Å². The standard InChI is InChI=1S/C13H18N2O4/c1-15(8-12(14)16)13(17)7-9-4-5-10(18-2)11(6-9)19-3/h4-6H,7-8H2,1-3H3,(H2,14,16). The molecule has 6 nitrogen and oxygen atoms in total. The molecule has 0 radical (unpaired) electrons. The molecule has 2 amide bonds. The lowest BCUT2D eigenvalue weighted by atomic mass is 10.1. The molecule has 0 saturated heterocycles. The normalized spacial score (nSPS) is 9.84. The van der Waals surface area contributed by atoms with Crippen LogP contribution in [0.25, 0.3) is 0 Å². The van der Waals surface area contributed by atoms with Gasteiger partial charge in [0, 0.05) is 7.05 Å². The molecular weight excluding hydrogens is 248 g/mol. The average molecular weight is 266 g/mol. The van der Waals surface area contributed by atoms with Crippen LogP contribution in [0.1, 0.15) is 5.56 Å². The van der Waals surface area contributed by atoms with Crippen LogP contribution in [0.5, 0.6) is 11.5 Å². The Kier molecular flexibility index (Phi) is 5.17. The Hall–Kier alpha value is -2.24. The molecule has 6 heteroatoms. The molecule has 1 aromatic rings. The van der Waals surface area contributed by atoms with Crippen LogP contribution in [0.4, 0.5) is 0 Å². The van der Waals surface area contributed by atoms with Crippen molar-refractivity contribution in [1.82, 2.24) is 4.90 Å². The van der Waals surface area contributed by atoms with E-state index in [1.165, 1.54) is 19.1 Å². The quantitative estimate of drug-likeness (QED) is 0.797. The van der Waals surface area contributed by atoms with Crippen molar-refractivity contribution >= 4 is 11.8 Å². The zero-order chi connectivity index (χ0) is 14.4. The summed E-state index contributed by atoms with van der Waals surface area (Å²) in [5.74, 6) is 0.434. The van der Waals surface area contributed by atoms with Gasteiger partial charge in [-0.25, -0.2) is 0 Å². The number of hydrogen-bond acceptors (Lipinski definition) is 4. The van der Waals surface area contributed by atoms with Crippen LogP contribution in [0.2, 0.25) is 0 Å². The third-order valence-electron chi connectivity index (χ3n) is 2.62. The van der Waals surface area contributed by atoms with E-state index in [-0.39, 0.29) is 18.9 Å². The summed E-state index contributed by atoms with van der Waals surface area (Å²) in [5.41, 5.74) is 5.82. The van der Waals surface area contributed by atoms with E-state index < -0.39 is 5.91 Å². The van der Waals surface area contributed by atoms with E-state index >= 15 is 0 Å². The molecule has 0 unspecified atom stereocenters. The van der Waals surface area contributed by atoms with Crippen LogP contribution in [0.3, 0.4) is 0 Å². The molecule has 0 aliphatic carbocycles. The summed E-state index contributed by atoms with van der Waals surface area (Å²) in [6.07, 6.45) is 0.171. The third kappa shape index (κ3) is 4.17. The lowest BCUT2D eigenvalue weighted by Gasteiger charge is -2.15. The van der Waals surface area contributed by atoms with Crippen molar-refractivity contribution < 1.29 is 19.1 Å². The topological polar surface area (TPSA) is 81.9 Å². The first-order chi connectivity index (χ1) is 8.97. The van der Waals surface area contributed by atoms with E-state index in [4.69, 9.17) is 15.2 Å². The number of carbonyl (C=O) groups excluding carboxylic acids is 2. The summed E-state index contributed by atoms with van der Waals surface area (Å²) in [6.45, 7) is -0.0911. The zero-order valence-electron chi connectivity index (χ0n) is 11.3. The fourth-order valence-electron chi connectivity index (χ4n) is 1.62. The first-order valence-electron chi connectivity index (χ1n) is 5.71. The van der Waals surface area contributed by atoms with E-state index in [9.17, 15) is 9.59 Å². The molecule has 2 N–H and O–H groups in total. The molecule has 0 saturated carbocycles. The van der Waals surface area contributed by atoms with E-state index in [0.717, 1.165) is 5.56 Å². The van der Waals surface area contributed by atoms with Gasteiger partial charge in [0.2, 0.25) is 11.8 Å². The number of hydrogen-bond donors (Lipinski definition) is 1. The van der Waals surface area contributed by atoms with Crippen LogP contribution >= 0.6 is 0 Å². The first kappa shape index (κ1) is 14.8. The number of amides is 2. The van der Waals surface area contributed by atoms with Gasteiger partial charge in [-0.15, -0.1) is 0 Å². The number of rotatable bonds is 6. The van der Waals surface area contributed by atoms with Crippen LogP contribution in [0.15, 0.2) is 18.2 Å². The Labute approximate surface area is 112 Å². The molecule has 0 heterocycles. The minimum atomic E-state index is -0.539. The molecule has 0 spiro atoms. The summed E-state index contributed by atoms with van der Waals surface area (Å²) in [5, 5.41) is 0. The minimum Gasteiger partial charge on any atom is -0.493 e. The van der Waals surface area contributed by atoms with Gasteiger partial charge in [-0.1, -0.05) is 6.07 Å². The summed E-state index contributed by atoms with van der Waals surface area (Å²) >= 11 is 0. The second-order valence-corrected chi connectivity index (χ2v) is 4.08. The molecule has 19 heavy (non-hydrogen) atoms. The second-order valence-electron chi connectivity index (χ2n) is 4.08. The number of nitrogens with zero attached hydrogens (tertiary/aromatic N) is 1. The van der Waals surface area contributed by atoms with Gasteiger partial charge < -0.3 is 20.1 Å². The molecule has 1 rings (SSSR count). The maximum atomic E-state index is 11.8. The van der Waals surface area contributed by atoms with E-state index in [2.05, 4.69) is 0 Å². The van der Waals surface area contributed by atoms with Gasteiger partial charge in [0.1, 0.15) is 0 Å². The van der Waals surface area contributed by atoms with Crippen molar-refractivity contribution in [3.05, 3.63) is 23.8 Å². The van der Waals surface area contributed by atoms with Crippen molar-refractivity contribution in [3.63, 3.8) is 0 Å². The number of primary amides is 1. The summed E-state index contributed by atoms with van der Waals surface area (Å²) in [7, 11) is 4.61. The number of benzene rings is 1. The lowest BCUT2D eigenvalue weighted by Crippen LogP contribution is -2.36. The van der Waals surface area contributed by atoms with Crippen molar-refractivity contribution in [2.24, 2.45) is 5.73 Å². The Balaban J connectivity index is 2.77. The maximum Gasteiger partial charge on any atom is 0.237 e. The SMILES string of the molecule is COc1ccc(CC(=O)N(C)CC(N)=O)cc1OC. The van der Waals surface area contributed by atoms with Crippen LogP contribution in [-0.4, -0.2) is 44.5 Å². The zero-order valence-corrected chi connectivity index (χ0v) is 11.3. The largest absolute Gasteiger partial charge is 0.493 e. The van der Waals surface area contributed by atoms with Crippen LogP contribution in [-0.2, 0) is 16.0 Å². The van der Waals surface area contributed by atoms with E-state index in [1.54, 1.807) is 25.3 Å². The second kappa shape index (κ2) is 6.63. The molecule has 1 aromatic carbocycles. The van der Waals surface area contributed by atoms with Gasteiger partial charge in [-0.3, -0.25) is 9.59 Å². The number of ether oxygens (including phenoxy) is 2. The fraction of sp³-hybridized carbons (Fsp3) is 0.385. The molecule has 0 aromatic heterocycles. The highest BCUT2D eigenvalue weighted by Crippen LogP contribution is 2.27. The van der Waals surface area contributed by atoms with Crippen LogP contribution < -0.4 is 15.2 Å². The smallest absolute Gasteiger partial charge is 0.237 e. The van der Waals surface area contributed by atoms with Gasteiger partial charge in [0.15, 0.2) is 11.5 Å². The molecule has 0 atom stereocenters. The molecule has 104 valence electrons. The van der Waals surface area contributed by atoms with E-state index in [1.807, 2.05) is 0 Å². The Bertz CT molecular complexity index is 474. The monoisotopic (exact) mass is 266 g/mol. The summed E-state index contributed by atoms with van der Waals surface area (Å²) in [4.78, 5) is 23.9. The van der Waals surface area contributed by atoms with Crippen molar-refractivity contribution in [2.45, 2.75) is 6.42 Å². The Morgan fingerprint density at radius 3 is 2.37 bits per heavy atom. The number of carbonyl (C=O) groups is 2. The highest BCUT2D eigenvalue weighted by atomic mass is 16.5. The van der Waals surface area contributed by atoms with Gasteiger partial charge in [-0.05, 0) is 17.7 Å². The predicted octanol–water partition coefficient (Wildman–Crippen LogP) is 0.190. The van der Waals surface area contributed by atoms with E-state index in [0.29, 0.717) is 11.5 Å². The van der Waals surface area contributed by atoms with Gasteiger partial charge in [0.05, 0.1) is 27.2 Å². The fourth-order valence-corrected chi connectivity index (χ4v) is 1.62. The van der Waals surface area contributed by atoms with Crippen molar-refractivity contribution in [1.29, 1.82) is 0 Å². The summed E-state index contributed by atoms with van der Waals surface area (Å²) < 4.78 is 10.3. The molecule has 0 bridgehead atoms. The minimum absolute atomic E-state index is 0.0911. The predicted molar refractivity (Wildman–Crippen MR) is 70.1 cm³/mol. The number of likely N-dealkylation sites (N-methyl/N-ethyl adjacent to an activating group) is 1. The highest BCUT2D eigenvalue weighted by Gasteiger charge is 2.13. The Morgan fingerprint density at radius 2 is 1.84 bits per heavy atom. The number of nitrogens with two attached hydrogens (primary N) is 1. The van der Waals surface area contributed by atoms with Crippen LogP contribution in [0, 0.1) is 0 Å². The highest BCUT2D eigenvalue weighted by molar-refractivity contribution is 5.84. The van der Waals surface area contributed by atoms with Gasteiger partial charge >= 0.3 is 0 Å². The third-order valence-corrected chi connectivity index (χ3v) is 2.62. The maximum absolute atomic E-state index is 11.8. The average Bonchev–Trinajstić information content (AvgIpc) is 2.37. The molecule has 0 aliphatic rings. The van der Waals surface area contributed by atoms with Gasteiger partial charge in [0.25, 0.3) is 0 Å². The van der Waals surface area contributed by atoms with Crippen molar-refractivity contribution in [3.8, 4) is 11.5 Å². The number of methoxy groups -OCH3 is 2.